The Balaban J connectivity index is 1.89. The molecule has 7 heteroatoms. The van der Waals surface area contributed by atoms with E-state index in [-0.39, 0.29) is 12.3 Å². The van der Waals surface area contributed by atoms with Gasteiger partial charge in [0.05, 0.1) is 26.7 Å². The predicted molar refractivity (Wildman–Crippen MR) is 101 cm³/mol. The van der Waals surface area contributed by atoms with E-state index >= 15 is 0 Å². The number of hydrogen-bond acceptors (Lipinski definition) is 5. The molecule has 2 amide bonds. The predicted octanol–water partition coefficient (Wildman–Crippen LogP) is 2.50. The maximum absolute atomic E-state index is 12.2. The first-order chi connectivity index (χ1) is 13.1. The van der Waals surface area contributed by atoms with E-state index in [0.29, 0.717) is 30.3 Å². The molecule has 0 radical (unpaired) electrons. The summed E-state index contributed by atoms with van der Waals surface area (Å²) >= 11 is 0. The quantitative estimate of drug-likeness (QED) is 0.696. The van der Waals surface area contributed by atoms with Gasteiger partial charge in [-0.05, 0) is 49.7 Å². The van der Waals surface area contributed by atoms with E-state index < -0.39 is 5.91 Å². The molecule has 2 aromatic carbocycles. The smallest absolute Gasteiger partial charge is 0.269 e. The van der Waals surface area contributed by atoms with Gasteiger partial charge in [-0.3, -0.25) is 20.4 Å². The fourth-order valence-corrected chi connectivity index (χ4v) is 2.38. The van der Waals surface area contributed by atoms with Gasteiger partial charge in [0.15, 0.2) is 11.5 Å². The molecule has 144 valence electrons. The Hall–Kier alpha value is -3.22. The number of hydrogen-bond donors (Lipinski definition) is 2. The van der Waals surface area contributed by atoms with Crippen molar-refractivity contribution in [1.82, 2.24) is 10.9 Å². The molecule has 0 heterocycles. The van der Waals surface area contributed by atoms with Gasteiger partial charge >= 0.3 is 0 Å². The molecule has 0 unspecified atom stereocenters. The second-order valence-corrected chi connectivity index (χ2v) is 5.55. The molecule has 0 bridgehead atoms. The summed E-state index contributed by atoms with van der Waals surface area (Å²) in [5.74, 6) is 0.975. The van der Waals surface area contributed by atoms with Crippen molar-refractivity contribution in [2.45, 2.75) is 20.3 Å². The Kier molecular flexibility index (Phi) is 7.49. The molecule has 2 aromatic rings. The van der Waals surface area contributed by atoms with Crippen LogP contribution in [0, 0.1) is 0 Å². The van der Waals surface area contributed by atoms with Crippen LogP contribution in [0.15, 0.2) is 42.5 Å². The third-order valence-corrected chi connectivity index (χ3v) is 3.64. The average Bonchev–Trinajstić information content (AvgIpc) is 2.68. The number of carbonyl (C=O) groups excluding carboxylic acids is 2. The molecule has 0 aromatic heterocycles. The highest BCUT2D eigenvalue weighted by atomic mass is 16.5. The summed E-state index contributed by atoms with van der Waals surface area (Å²) in [6.07, 6.45) is 0.138. The molecular weight excluding hydrogens is 348 g/mol. The summed E-state index contributed by atoms with van der Waals surface area (Å²) < 4.78 is 16.0. The van der Waals surface area contributed by atoms with Crippen LogP contribution in [-0.4, -0.2) is 32.1 Å². The van der Waals surface area contributed by atoms with Crippen molar-refractivity contribution in [2.75, 3.05) is 20.3 Å². The van der Waals surface area contributed by atoms with E-state index in [1.54, 1.807) is 30.3 Å². The lowest BCUT2D eigenvalue weighted by Gasteiger charge is -2.12. The van der Waals surface area contributed by atoms with E-state index in [1.807, 2.05) is 26.0 Å². The van der Waals surface area contributed by atoms with Gasteiger partial charge in [0.25, 0.3) is 5.91 Å². The Bertz CT molecular complexity index is 774. The van der Waals surface area contributed by atoms with E-state index in [9.17, 15) is 9.59 Å². The van der Waals surface area contributed by atoms with E-state index in [0.717, 1.165) is 11.3 Å². The largest absolute Gasteiger partial charge is 0.494 e. The normalized spacial score (nSPS) is 10.0. The van der Waals surface area contributed by atoms with Crippen LogP contribution in [0.5, 0.6) is 17.2 Å². The average molecular weight is 372 g/mol. The number of hydrazine groups is 1. The molecule has 0 saturated carbocycles. The van der Waals surface area contributed by atoms with Gasteiger partial charge in [0, 0.05) is 5.56 Å². The highest BCUT2D eigenvalue weighted by Gasteiger charge is 2.12. The fraction of sp³-hybridized carbons (Fsp3) is 0.300. The Morgan fingerprint density at radius 1 is 0.889 bits per heavy atom. The maximum atomic E-state index is 12.2. The molecule has 2 rings (SSSR count). The summed E-state index contributed by atoms with van der Waals surface area (Å²) in [5.41, 5.74) is 5.96. The molecule has 0 spiro atoms. The molecule has 0 fully saturated rings. The molecule has 0 aliphatic heterocycles. The first-order valence-electron chi connectivity index (χ1n) is 8.69. The molecule has 0 aliphatic rings. The number of carbonyl (C=O) groups is 2. The third-order valence-electron chi connectivity index (χ3n) is 3.64. The number of ether oxygens (including phenoxy) is 3. The lowest BCUT2D eigenvalue weighted by atomic mass is 10.1. The van der Waals surface area contributed by atoms with E-state index in [4.69, 9.17) is 14.2 Å². The van der Waals surface area contributed by atoms with Crippen LogP contribution in [0.2, 0.25) is 0 Å². The van der Waals surface area contributed by atoms with Crippen LogP contribution < -0.4 is 25.1 Å². The van der Waals surface area contributed by atoms with Crippen LogP contribution >= 0.6 is 0 Å². The number of nitrogens with one attached hydrogen (secondary N) is 2. The molecule has 2 N–H and O–H groups in total. The lowest BCUT2D eigenvalue weighted by molar-refractivity contribution is -0.121. The zero-order valence-corrected chi connectivity index (χ0v) is 15.7. The van der Waals surface area contributed by atoms with Gasteiger partial charge in [0.1, 0.15) is 5.75 Å². The molecule has 7 nitrogen and oxygen atoms in total. The maximum Gasteiger partial charge on any atom is 0.269 e. The van der Waals surface area contributed by atoms with Gasteiger partial charge < -0.3 is 14.2 Å². The summed E-state index contributed by atoms with van der Waals surface area (Å²) in [4.78, 5) is 24.2. The van der Waals surface area contributed by atoms with Gasteiger partial charge in [0.2, 0.25) is 5.91 Å². The topological polar surface area (TPSA) is 85.9 Å². The first-order valence-corrected chi connectivity index (χ1v) is 8.69. The van der Waals surface area contributed by atoms with Crippen molar-refractivity contribution in [3.63, 3.8) is 0 Å². The minimum absolute atomic E-state index is 0.138. The Labute approximate surface area is 158 Å². The minimum Gasteiger partial charge on any atom is -0.494 e. The van der Waals surface area contributed by atoms with Crippen molar-refractivity contribution in [2.24, 2.45) is 0 Å². The molecule has 27 heavy (non-hydrogen) atoms. The molecule has 0 aliphatic carbocycles. The highest BCUT2D eigenvalue weighted by molar-refractivity contribution is 5.96. The second kappa shape index (κ2) is 10.1. The standard InChI is InChI=1S/C20H24N2O5/c1-4-26-16-9-6-14(7-10-16)12-19(23)21-22-20(24)15-8-11-17(27-5-2)18(13-15)25-3/h6-11,13H,4-5,12H2,1-3H3,(H,21,23)(H,22,24). The van der Waals surface area contributed by atoms with Crippen LogP contribution in [0.3, 0.4) is 0 Å². The Morgan fingerprint density at radius 3 is 2.22 bits per heavy atom. The summed E-state index contributed by atoms with van der Waals surface area (Å²) in [6.45, 7) is 4.84. The number of rotatable bonds is 8. The molecular formula is C20H24N2O5. The zero-order chi connectivity index (χ0) is 19.6. The highest BCUT2D eigenvalue weighted by Crippen LogP contribution is 2.27. The molecule has 0 saturated heterocycles. The van der Waals surface area contributed by atoms with E-state index in [2.05, 4.69) is 10.9 Å². The van der Waals surface area contributed by atoms with Crippen molar-refractivity contribution in [3.8, 4) is 17.2 Å². The molecule has 0 atom stereocenters. The van der Waals surface area contributed by atoms with Crippen LogP contribution in [0.4, 0.5) is 0 Å². The first kappa shape index (κ1) is 20.1. The Morgan fingerprint density at radius 2 is 1.59 bits per heavy atom. The van der Waals surface area contributed by atoms with Gasteiger partial charge in [-0.15, -0.1) is 0 Å². The van der Waals surface area contributed by atoms with Gasteiger partial charge in [-0.1, -0.05) is 12.1 Å². The zero-order valence-electron chi connectivity index (χ0n) is 15.7. The number of amides is 2. The number of benzene rings is 2. The second-order valence-electron chi connectivity index (χ2n) is 5.55. The van der Waals surface area contributed by atoms with E-state index in [1.165, 1.54) is 7.11 Å². The van der Waals surface area contributed by atoms with Crippen LogP contribution in [0.25, 0.3) is 0 Å². The van der Waals surface area contributed by atoms with Gasteiger partial charge in [-0.25, -0.2) is 0 Å². The fourth-order valence-electron chi connectivity index (χ4n) is 2.38. The van der Waals surface area contributed by atoms with Crippen molar-refractivity contribution in [1.29, 1.82) is 0 Å². The summed E-state index contributed by atoms with van der Waals surface area (Å²) in [6, 6.07) is 12.0. The van der Waals surface area contributed by atoms with Crippen molar-refractivity contribution < 1.29 is 23.8 Å². The van der Waals surface area contributed by atoms with Crippen LogP contribution in [-0.2, 0) is 11.2 Å². The SMILES string of the molecule is CCOc1ccc(CC(=O)NNC(=O)c2ccc(OCC)c(OC)c2)cc1. The number of methoxy groups -OCH3 is 1. The monoisotopic (exact) mass is 372 g/mol. The summed E-state index contributed by atoms with van der Waals surface area (Å²) in [5, 5.41) is 0. The summed E-state index contributed by atoms with van der Waals surface area (Å²) in [7, 11) is 1.50. The van der Waals surface area contributed by atoms with Crippen LogP contribution in [0.1, 0.15) is 29.8 Å². The lowest BCUT2D eigenvalue weighted by Crippen LogP contribution is -2.42. The van der Waals surface area contributed by atoms with Gasteiger partial charge in [-0.2, -0.15) is 0 Å². The third kappa shape index (κ3) is 5.91. The van der Waals surface area contributed by atoms with Crippen molar-refractivity contribution in [3.05, 3.63) is 53.6 Å². The van der Waals surface area contributed by atoms with Crippen molar-refractivity contribution >= 4 is 11.8 Å². The minimum atomic E-state index is -0.448.